The lowest BCUT2D eigenvalue weighted by Crippen LogP contribution is -2.27. The van der Waals surface area contributed by atoms with Crippen molar-refractivity contribution < 1.29 is 13.9 Å². The maximum Gasteiger partial charge on any atom is 0.337 e. The Morgan fingerprint density at radius 2 is 2.21 bits per heavy atom. The first-order chi connectivity index (χ1) is 11.6. The first-order valence-electron chi connectivity index (χ1n) is 7.66. The van der Waals surface area contributed by atoms with E-state index in [2.05, 4.69) is 16.8 Å². The Labute approximate surface area is 140 Å². The van der Waals surface area contributed by atoms with Crippen molar-refractivity contribution in [2.75, 3.05) is 25.1 Å². The Bertz CT molecular complexity index is 798. The quantitative estimate of drug-likeness (QED) is 0.629. The van der Waals surface area contributed by atoms with Gasteiger partial charge in [0.2, 0.25) is 0 Å². The highest BCUT2D eigenvalue weighted by Crippen LogP contribution is 2.30. The van der Waals surface area contributed by atoms with Crippen LogP contribution in [-0.4, -0.2) is 36.8 Å². The van der Waals surface area contributed by atoms with Crippen LogP contribution in [0, 0.1) is 11.8 Å². The number of methoxy groups -OCH3 is 1. The summed E-state index contributed by atoms with van der Waals surface area (Å²) >= 11 is 0. The number of hydrogen-bond acceptors (Lipinski definition) is 4. The SMILES string of the molecule is COC(=O)c1cccc(N2CCC(F)(C#Cc3ccccn3)C2)c1. The van der Waals surface area contributed by atoms with Gasteiger partial charge in [0.25, 0.3) is 0 Å². The minimum Gasteiger partial charge on any atom is -0.465 e. The Morgan fingerprint density at radius 3 is 2.96 bits per heavy atom. The van der Waals surface area contributed by atoms with Crippen LogP contribution >= 0.6 is 0 Å². The molecule has 1 aromatic carbocycles. The molecule has 0 amide bonds. The van der Waals surface area contributed by atoms with E-state index in [0.29, 0.717) is 24.2 Å². The summed E-state index contributed by atoms with van der Waals surface area (Å²) in [6.07, 6.45) is 1.95. The highest BCUT2D eigenvalue weighted by molar-refractivity contribution is 5.90. The second kappa shape index (κ2) is 6.71. The molecule has 0 spiro atoms. The number of benzene rings is 1. The topological polar surface area (TPSA) is 42.4 Å². The van der Waals surface area contributed by atoms with Crippen LogP contribution in [0.4, 0.5) is 10.1 Å². The van der Waals surface area contributed by atoms with Crippen LogP contribution in [0.2, 0.25) is 0 Å². The lowest BCUT2D eigenvalue weighted by Gasteiger charge is -2.19. The number of pyridine rings is 1. The van der Waals surface area contributed by atoms with Crippen LogP contribution in [0.5, 0.6) is 0 Å². The molecule has 3 rings (SSSR count). The molecule has 0 saturated carbocycles. The molecule has 0 aliphatic carbocycles. The van der Waals surface area contributed by atoms with E-state index in [-0.39, 0.29) is 6.54 Å². The van der Waals surface area contributed by atoms with E-state index in [0.717, 1.165) is 5.69 Å². The van der Waals surface area contributed by atoms with E-state index < -0.39 is 11.6 Å². The number of carbonyl (C=O) groups is 1. The predicted molar refractivity (Wildman–Crippen MR) is 89.6 cm³/mol. The van der Waals surface area contributed by atoms with E-state index in [9.17, 15) is 9.18 Å². The molecule has 24 heavy (non-hydrogen) atoms. The normalized spacial score (nSPS) is 19.5. The fraction of sp³-hybridized carbons (Fsp3) is 0.263. The number of alkyl halides is 1. The first-order valence-corrected chi connectivity index (χ1v) is 7.66. The van der Waals surface area contributed by atoms with Crippen molar-refractivity contribution in [2.24, 2.45) is 0 Å². The number of anilines is 1. The summed E-state index contributed by atoms with van der Waals surface area (Å²) in [5, 5.41) is 0. The Balaban J connectivity index is 1.75. The van der Waals surface area contributed by atoms with E-state index in [1.165, 1.54) is 7.11 Å². The molecule has 0 N–H and O–H groups in total. The van der Waals surface area contributed by atoms with Gasteiger partial charge in [0, 0.05) is 24.8 Å². The fourth-order valence-corrected chi connectivity index (χ4v) is 2.66. The van der Waals surface area contributed by atoms with Gasteiger partial charge in [-0.1, -0.05) is 18.1 Å². The zero-order valence-electron chi connectivity index (χ0n) is 13.3. The largest absolute Gasteiger partial charge is 0.465 e. The Kier molecular flexibility index (Phi) is 4.48. The van der Waals surface area contributed by atoms with Crippen LogP contribution in [0.25, 0.3) is 0 Å². The Morgan fingerprint density at radius 1 is 1.33 bits per heavy atom. The van der Waals surface area contributed by atoms with E-state index >= 15 is 0 Å². The van der Waals surface area contributed by atoms with E-state index in [1.54, 1.807) is 36.5 Å². The number of halogens is 1. The van der Waals surface area contributed by atoms with E-state index in [4.69, 9.17) is 4.74 Å². The van der Waals surface area contributed by atoms with Gasteiger partial charge in [-0.2, -0.15) is 0 Å². The summed E-state index contributed by atoms with van der Waals surface area (Å²) in [6, 6.07) is 12.4. The number of esters is 1. The summed E-state index contributed by atoms with van der Waals surface area (Å²) in [7, 11) is 1.34. The molecule has 1 aliphatic rings. The third kappa shape index (κ3) is 3.54. The second-order valence-electron chi connectivity index (χ2n) is 5.64. The van der Waals surface area contributed by atoms with Crippen molar-refractivity contribution in [2.45, 2.75) is 12.1 Å². The molecule has 4 nitrogen and oxygen atoms in total. The molecule has 122 valence electrons. The molecule has 1 unspecified atom stereocenters. The zero-order chi connectivity index (χ0) is 17.0. The van der Waals surface area contributed by atoms with Crippen molar-refractivity contribution in [1.29, 1.82) is 0 Å². The average Bonchev–Trinajstić information content (AvgIpc) is 3.03. The van der Waals surface area contributed by atoms with Gasteiger partial charge < -0.3 is 9.64 Å². The second-order valence-corrected chi connectivity index (χ2v) is 5.64. The number of carbonyl (C=O) groups excluding carboxylic acids is 1. The molecule has 5 heteroatoms. The maximum absolute atomic E-state index is 14.9. The van der Waals surface area contributed by atoms with Crippen LogP contribution in [0.15, 0.2) is 48.7 Å². The van der Waals surface area contributed by atoms with Crippen LogP contribution < -0.4 is 4.90 Å². The summed E-state index contributed by atoms with van der Waals surface area (Å²) in [6.45, 7) is 0.704. The van der Waals surface area contributed by atoms with Gasteiger partial charge in [-0.3, -0.25) is 0 Å². The highest BCUT2D eigenvalue weighted by Gasteiger charge is 2.37. The minimum absolute atomic E-state index is 0.164. The van der Waals surface area contributed by atoms with Crippen molar-refractivity contribution in [3.8, 4) is 11.8 Å². The zero-order valence-corrected chi connectivity index (χ0v) is 13.3. The van der Waals surface area contributed by atoms with Crippen molar-refractivity contribution in [1.82, 2.24) is 4.98 Å². The Hall–Kier alpha value is -2.87. The molecule has 2 aromatic rings. The smallest absolute Gasteiger partial charge is 0.337 e. The molecule has 0 bridgehead atoms. The summed E-state index contributed by atoms with van der Waals surface area (Å²) < 4.78 is 19.6. The first kappa shape index (κ1) is 16.0. The maximum atomic E-state index is 14.9. The van der Waals surface area contributed by atoms with Crippen molar-refractivity contribution in [3.63, 3.8) is 0 Å². The summed E-state index contributed by atoms with van der Waals surface area (Å²) in [4.78, 5) is 17.6. The number of hydrogen-bond donors (Lipinski definition) is 0. The fourth-order valence-electron chi connectivity index (χ4n) is 2.66. The minimum atomic E-state index is -1.58. The van der Waals surface area contributed by atoms with E-state index in [1.807, 2.05) is 17.0 Å². The highest BCUT2D eigenvalue weighted by atomic mass is 19.1. The molecular weight excluding hydrogens is 307 g/mol. The van der Waals surface area contributed by atoms with Gasteiger partial charge in [-0.05, 0) is 36.3 Å². The number of rotatable bonds is 2. The molecule has 1 saturated heterocycles. The average molecular weight is 324 g/mol. The van der Waals surface area contributed by atoms with Gasteiger partial charge in [0.15, 0.2) is 5.67 Å². The van der Waals surface area contributed by atoms with Crippen LogP contribution in [-0.2, 0) is 4.74 Å². The lowest BCUT2D eigenvalue weighted by molar-refractivity contribution is 0.0601. The van der Waals surface area contributed by atoms with Crippen molar-refractivity contribution >= 4 is 11.7 Å². The standard InChI is InChI=1S/C19H17FN2O2/c1-24-18(23)15-5-4-7-17(13-15)22-12-10-19(20,14-22)9-8-16-6-2-3-11-21-16/h2-7,11,13H,10,12,14H2,1H3. The molecule has 0 radical (unpaired) electrons. The number of nitrogens with zero attached hydrogens (tertiary/aromatic N) is 2. The van der Waals surface area contributed by atoms with Gasteiger partial charge in [-0.25, -0.2) is 14.2 Å². The third-order valence-electron chi connectivity index (χ3n) is 3.93. The summed E-state index contributed by atoms with van der Waals surface area (Å²) in [5.41, 5.74) is 0.211. The van der Waals surface area contributed by atoms with Gasteiger partial charge >= 0.3 is 5.97 Å². The molecule has 1 atom stereocenters. The van der Waals surface area contributed by atoms with Gasteiger partial charge in [0.05, 0.1) is 19.2 Å². The summed E-state index contributed by atoms with van der Waals surface area (Å²) in [5.74, 6) is 5.11. The molecule has 1 aliphatic heterocycles. The number of ether oxygens (including phenoxy) is 1. The molecule has 2 heterocycles. The lowest BCUT2D eigenvalue weighted by atomic mass is 10.1. The van der Waals surface area contributed by atoms with Gasteiger partial charge in [0.1, 0.15) is 5.69 Å². The van der Waals surface area contributed by atoms with Crippen LogP contribution in [0.3, 0.4) is 0 Å². The molecular formula is C19H17FN2O2. The monoisotopic (exact) mass is 324 g/mol. The van der Waals surface area contributed by atoms with Gasteiger partial charge in [-0.15, -0.1) is 0 Å². The third-order valence-corrected chi connectivity index (χ3v) is 3.93. The van der Waals surface area contributed by atoms with Crippen molar-refractivity contribution in [3.05, 3.63) is 59.9 Å². The van der Waals surface area contributed by atoms with Crippen LogP contribution in [0.1, 0.15) is 22.5 Å². The molecule has 1 fully saturated rings. The molecule has 1 aromatic heterocycles. The predicted octanol–water partition coefficient (Wildman–Crippen LogP) is 2.84. The number of aromatic nitrogens is 1.